The second kappa shape index (κ2) is 7.98. The minimum Gasteiger partial charge on any atom is -0.482 e. The molecule has 1 aliphatic rings. The van der Waals surface area contributed by atoms with E-state index in [0.717, 1.165) is 5.56 Å². The number of hydrogen-bond acceptors (Lipinski definition) is 5. The average Bonchev–Trinajstić information content (AvgIpc) is 2.93. The monoisotopic (exact) mass is 408 g/mol. The summed E-state index contributed by atoms with van der Waals surface area (Å²) in [5, 5.41) is 0. The van der Waals surface area contributed by atoms with Gasteiger partial charge in [0.15, 0.2) is 12.4 Å². The van der Waals surface area contributed by atoms with Crippen molar-refractivity contribution in [3.63, 3.8) is 0 Å². The van der Waals surface area contributed by atoms with Crippen LogP contribution in [0.5, 0.6) is 11.5 Å². The predicted octanol–water partition coefficient (Wildman–Crippen LogP) is 5.32. The summed E-state index contributed by atoms with van der Waals surface area (Å²) in [5.41, 5.74) is 2.08. The molecule has 0 unspecified atom stereocenters. The SMILES string of the molecule is CC(C)(C)OC(=O)COc1ccc2c(c1)O/C(=C\c1ccc(C(C)(C)C)cc1)C2=O. The van der Waals surface area contributed by atoms with E-state index in [2.05, 4.69) is 32.9 Å². The molecule has 5 heteroatoms. The van der Waals surface area contributed by atoms with E-state index in [9.17, 15) is 9.59 Å². The van der Waals surface area contributed by atoms with Gasteiger partial charge in [0.25, 0.3) is 0 Å². The largest absolute Gasteiger partial charge is 0.482 e. The Hall–Kier alpha value is -3.08. The first kappa shape index (κ1) is 21.6. The molecule has 0 spiro atoms. The lowest BCUT2D eigenvalue weighted by Crippen LogP contribution is -2.27. The van der Waals surface area contributed by atoms with E-state index >= 15 is 0 Å². The van der Waals surface area contributed by atoms with Crippen molar-refractivity contribution in [1.82, 2.24) is 0 Å². The molecule has 0 atom stereocenters. The van der Waals surface area contributed by atoms with Gasteiger partial charge >= 0.3 is 5.97 Å². The molecule has 0 aliphatic carbocycles. The zero-order valence-electron chi connectivity index (χ0n) is 18.4. The van der Waals surface area contributed by atoms with Gasteiger partial charge in [-0.2, -0.15) is 0 Å². The van der Waals surface area contributed by atoms with E-state index < -0.39 is 11.6 Å². The van der Waals surface area contributed by atoms with Crippen LogP contribution < -0.4 is 9.47 Å². The van der Waals surface area contributed by atoms with Gasteiger partial charge < -0.3 is 14.2 Å². The lowest BCUT2D eigenvalue weighted by molar-refractivity contribution is -0.157. The Bertz CT molecular complexity index is 986. The van der Waals surface area contributed by atoms with Gasteiger partial charge in [0.1, 0.15) is 17.1 Å². The molecular weight excluding hydrogens is 380 g/mol. The van der Waals surface area contributed by atoms with Gasteiger partial charge in [-0.1, -0.05) is 45.0 Å². The highest BCUT2D eigenvalue weighted by molar-refractivity contribution is 6.14. The zero-order chi connectivity index (χ0) is 22.1. The van der Waals surface area contributed by atoms with Gasteiger partial charge in [-0.15, -0.1) is 0 Å². The summed E-state index contributed by atoms with van der Waals surface area (Å²) in [5.74, 6) is 0.475. The summed E-state index contributed by atoms with van der Waals surface area (Å²) in [7, 11) is 0. The van der Waals surface area contributed by atoms with Crippen molar-refractivity contribution < 1.29 is 23.8 Å². The lowest BCUT2D eigenvalue weighted by Gasteiger charge is -2.19. The molecule has 5 nitrogen and oxygen atoms in total. The molecule has 0 bridgehead atoms. The quantitative estimate of drug-likeness (QED) is 0.506. The molecule has 0 saturated heterocycles. The molecule has 0 fully saturated rings. The van der Waals surface area contributed by atoms with Crippen LogP contribution >= 0.6 is 0 Å². The van der Waals surface area contributed by atoms with E-state index in [1.165, 1.54) is 5.56 Å². The summed E-state index contributed by atoms with van der Waals surface area (Å²) >= 11 is 0. The smallest absolute Gasteiger partial charge is 0.344 e. The van der Waals surface area contributed by atoms with Crippen molar-refractivity contribution in [2.24, 2.45) is 0 Å². The topological polar surface area (TPSA) is 61.8 Å². The lowest BCUT2D eigenvalue weighted by atomic mass is 9.86. The number of fused-ring (bicyclic) bond motifs is 1. The second-order valence-corrected chi connectivity index (χ2v) is 9.34. The van der Waals surface area contributed by atoms with Gasteiger partial charge in [-0.25, -0.2) is 4.79 Å². The highest BCUT2D eigenvalue weighted by atomic mass is 16.6. The molecule has 1 aliphatic heterocycles. The third-order valence-electron chi connectivity index (χ3n) is 4.49. The van der Waals surface area contributed by atoms with Crippen LogP contribution in [0.15, 0.2) is 48.2 Å². The Kier molecular flexibility index (Phi) is 5.75. The number of ketones is 1. The van der Waals surface area contributed by atoms with Gasteiger partial charge in [0, 0.05) is 6.07 Å². The number of allylic oxidation sites excluding steroid dienone is 1. The van der Waals surface area contributed by atoms with E-state index in [1.54, 1.807) is 45.0 Å². The summed E-state index contributed by atoms with van der Waals surface area (Å²) in [6.45, 7) is 11.6. The number of esters is 1. The van der Waals surface area contributed by atoms with Crippen LogP contribution in [0.4, 0.5) is 0 Å². The van der Waals surface area contributed by atoms with Crippen LogP contribution in [0.25, 0.3) is 6.08 Å². The van der Waals surface area contributed by atoms with Crippen molar-refractivity contribution in [2.45, 2.75) is 52.6 Å². The van der Waals surface area contributed by atoms with Crippen molar-refractivity contribution >= 4 is 17.8 Å². The highest BCUT2D eigenvalue weighted by Crippen LogP contribution is 2.35. The van der Waals surface area contributed by atoms with Crippen molar-refractivity contribution in [2.75, 3.05) is 6.61 Å². The van der Waals surface area contributed by atoms with E-state index in [0.29, 0.717) is 17.1 Å². The number of benzene rings is 2. The van der Waals surface area contributed by atoms with Crippen LogP contribution in [0, 0.1) is 0 Å². The fraction of sp³-hybridized carbons (Fsp3) is 0.360. The molecule has 3 rings (SSSR count). The second-order valence-electron chi connectivity index (χ2n) is 9.34. The Morgan fingerprint density at radius 2 is 1.67 bits per heavy atom. The molecule has 1 heterocycles. The third-order valence-corrected chi connectivity index (χ3v) is 4.49. The summed E-state index contributed by atoms with van der Waals surface area (Å²) in [4.78, 5) is 24.5. The van der Waals surface area contributed by atoms with Crippen LogP contribution in [0.3, 0.4) is 0 Å². The zero-order valence-corrected chi connectivity index (χ0v) is 18.4. The maximum absolute atomic E-state index is 12.7. The molecule has 2 aromatic rings. The third kappa shape index (κ3) is 5.29. The van der Waals surface area contributed by atoms with E-state index in [4.69, 9.17) is 14.2 Å². The first-order valence-electron chi connectivity index (χ1n) is 9.96. The van der Waals surface area contributed by atoms with Crippen molar-refractivity contribution in [3.05, 3.63) is 64.9 Å². The van der Waals surface area contributed by atoms with E-state index in [1.807, 2.05) is 12.1 Å². The first-order valence-corrected chi connectivity index (χ1v) is 9.96. The standard InChI is InChI=1S/C25H28O5/c1-24(2,3)17-9-7-16(8-10-17)13-21-23(27)19-12-11-18(14-20(19)29-21)28-15-22(26)30-25(4,5)6/h7-14H,15H2,1-6H3/b21-13-. The molecule has 0 amide bonds. The Balaban J connectivity index is 1.70. The normalized spacial score (nSPS) is 15.0. The molecule has 0 aromatic heterocycles. The van der Waals surface area contributed by atoms with Gasteiger partial charge in [-0.05, 0) is 55.5 Å². The van der Waals surface area contributed by atoms with Crippen LogP contribution in [0.1, 0.15) is 63.0 Å². The van der Waals surface area contributed by atoms with E-state index in [-0.39, 0.29) is 23.6 Å². The number of carbonyl (C=O) groups is 2. The Morgan fingerprint density at radius 3 is 2.27 bits per heavy atom. The number of Topliss-reactive ketones (excluding diaryl/α,β-unsaturated/α-hetero) is 1. The average molecular weight is 408 g/mol. The Labute approximate surface area is 177 Å². The maximum Gasteiger partial charge on any atom is 0.344 e. The molecule has 0 N–H and O–H groups in total. The molecular formula is C25H28O5. The summed E-state index contributed by atoms with van der Waals surface area (Å²) in [6, 6.07) is 13.0. The fourth-order valence-electron chi connectivity index (χ4n) is 3.00. The van der Waals surface area contributed by atoms with Crippen LogP contribution in [0.2, 0.25) is 0 Å². The molecule has 0 saturated carbocycles. The molecule has 2 aromatic carbocycles. The van der Waals surface area contributed by atoms with Crippen molar-refractivity contribution in [1.29, 1.82) is 0 Å². The summed E-state index contributed by atoms with van der Waals surface area (Å²) in [6.07, 6.45) is 1.73. The first-order chi connectivity index (χ1) is 13.9. The molecule has 30 heavy (non-hydrogen) atoms. The maximum atomic E-state index is 12.7. The van der Waals surface area contributed by atoms with Gasteiger partial charge in [0.05, 0.1) is 5.56 Å². The molecule has 158 valence electrons. The minimum absolute atomic E-state index is 0.0668. The van der Waals surface area contributed by atoms with Gasteiger partial charge in [0.2, 0.25) is 5.78 Å². The Morgan fingerprint density at radius 1 is 1.00 bits per heavy atom. The van der Waals surface area contributed by atoms with Crippen molar-refractivity contribution in [3.8, 4) is 11.5 Å². The predicted molar refractivity (Wildman–Crippen MR) is 116 cm³/mol. The fourth-order valence-corrected chi connectivity index (χ4v) is 3.00. The number of carbonyl (C=O) groups excluding carboxylic acids is 2. The minimum atomic E-state index is -0.571. The molecule has 0 radical (unpaired) electrons. The number of rotatable bonds is 4. The van der Waals surface area contributed by atoms with Crippen LogP contribution in [-0.4, -0.2) is 24.0 Å². The number of hydrogen-bond donors (Lipinski definition) is 0. The van der Waals surface area contributed by atoms with Crippen LogP contribution in [-0.2, 0) is 14.9 Å². The highest BCUT2D eigenvalue weighted by Gasteiger charge is 2.28. The summed E-state index contributed by atoms with van der Waals surface area (Å²) < 4.78 is 16.5. The van der Waals surface area contributed by atoms with Gasteiger partial charge in [-0.3, -0.25) is 4.79 Å². The number of ether oxygens (including phenoxy) is 3.